The van der Waals surface area contributed by atoms with Crippen LogP contribution in [-0.4, -0.2) is 91.4 Å². The van der Waals surface area contributed by atoms with Crippen molar-refractivity contribution in [1.82, 2.24) is 19.8 Å². The number of carbonyl (C=O) groups excluding carboxylic acids is 5. The second kappa shape index (κ2) is 16.0. The zero-order valence-corrected chi connectivity index (χ0v) is 31.3. The van der Waals surface area contributed by atoms with Crippen molar-refractivity contribution < 1.29 is 32.4 Å². The summed E-state index contributed by atoms with van der Waals surface area (Å²) in [4.78, 5) is 70.0. The monoisotopic (exact) mass is 692 g/mol. The molecule has 1 unspecified atom stereocenters. The highest BCUT2D eigenvalue weighted by molar-refractivity contribution is 7.88. The van der Waals surface area contributed by atoms with E-state index >= 15 is 0 Å². The van der Waals surface area contributed by atoms with Crippen LogP contribution >= 0.6 is 0 Å². The standard InChI is InChI=1S/C36H60N4O7S/c1-10-11-18-27(41)31(43)25(19-23-14-12-15-23)20-28(42)30-26-17-13-16-24(26)21-40(30)33(44)32(36(5,6)7)38-34(45)37-29(35(2,3)4)22-39(8)48(9,46)47/h10,23-26,29-30,32H,1,11-22H2,2-9H3,(H2,37,38,45)/t24-,25?,26-,29+,30-,32+/m0/s1. The van der Waals surface area contributed by atoms with Crippen molar-refractivity contribution in [3.05, 3.63) is 12.7 Å². The molecule has 0 aromatic heterocycles. The van der Waals surface area contributed by atoms with E-state index in [4.69, 9.17) is 0 Å². The molecule has 3 fully saturated rings. The van der Waals surface area contributed by atoms with E-state index in [1.54, 1.807) is 11.0 Å². The van der Waals surface area contributed by atoms with Crippen LogP contribution in [0.5, 0.6) is 0 Å². The van der Waals surface area contributed by atoms with Crippen molar-refractivity contribution in [1.29, 1.82) is 0 Å². The molecule has 0 spiro atoms. The van der Waals surface area contributed by atoms with Gasteiger partial charge in [0.25, 0.3) is 0 Å². The Labute approximate surface area is 288 Å². The Morgan fingerprint density at radius 1 is 0.958 bits per heavy atom. The minimum Gasteiger partial charge on any atom is -0.334 e. The number of amides is 3. The van der Waals surface area contributed by atoms with Gasteiger partial charge in [0.15, 0.2) is 11.6 Å². The van der Waals surface area contributed by atoms with Gasteiger partial charge < -0.3 is 15.5 Å². The summed E-state index contributed by atoms with van der Waals surface area (Å²) in [5.41, 5.74) is -1.22. The van der Waals surface area contributed by atoms with Gasteiger partial charge in [-0.25, -0.2) is 17.5 Å². The Kier molecular flexibility index (Phi) is 13.2. The number of rotatable bonds is 16. The highest BCUT2D eigenvalue weighted by Gasteiger charge is 2.52. The van der Waals surface area contributed by atoms with Crippen molar-refractivity contribution in [3.8, 4) is 0 Å². The molecule has 1 heterocycles. The lowest BCUT2D eigenvalue weighted by Gasteiger charge is -2.38. The number of carbonyl (C=O) groups is 5. The van der Waals surface area contributed by atoms with E-state index in [1.807, 2.05) is 41.5 Å². The van der Waals surface area contributed by atoms with Gasteiger partial charge in [0.05, 0.1) is 12.3 Å². The molecule has 3 rings (SSSR count). The molecule has 2 saturated carbocycles. The molecule has 0 radical (unpaired) electrons. The van der Waals surface area contributed by atoms with Crippen LogP contribution in [0.25, 0.3) is 0 Å². The third-order valence-electron chi connectivity index (χ3n) is 10.8. The van der Waals surface area contributed by atoms with Gasteiger partial charge in [0, 0.05) is 44.9 Å². The first-order chi connectivity index (χ1) is 22.1. The zero-order chi connectivity index (χ0) is 36.2. The van der Waals surface area contributed by atoms with Gasteiger partial charge in [-0.15, -0.1) is 6.58 Å². The van der Waals surface area contributed by atoms with Gasteiger partial charge in [0.2, 0.25) is 21.7 Å². The molecule has 3 amide bonds. The number of likely N-dealkylation sites (N-methyl/N-ethyl adjacent to an activating group) is 1. The zero-order valence-electron chi connectivity index (χ0n) is 30.5. The van der Waals surface area contributed by atoms with Crippen LogP contribution in [-0.2, 0) is 29.2 Å². The van der Waals surface area contributed by atoms with Crippen LogP contribution in [0.3, 0.4) is 0 Å². The summed E-state index contributed by atoms with van der Waals surface area (Å²) in [5, 5.41) is 5.79. The first-order valence-electron chi connectivity index (χ1n) is 17.6. The van der Waals surface area contributed by atoms with E-state index in [9.17, 15) is 32.4 Å². The van der Waals surface area contributed by atoms with E-state index in [0.717, 1.165) is 44.8 Å². The number of likely N-dealkylation sites (tertiary alicyclic amines) is 1. The van der Waals surface area contributed by atoms with E-state index < -0.39 is 62.5 Å². The lowest BCUT2D eigenvalue weighted by Crippen LogP contribution is -2.61. The molecular weight excluding hydrogens is 632 g/mol. The SMILES string of the molecule is C=CCCC(=O)C(=O)C(CC(=O)[C@@H]1[C@H]2CCC[C@H]2CN1C(=O)[C@@H](NC(=O)N[C@H](CN(C)S(C)(=O)=O)C(C)(C)C)C(C)(C)C)CC1CCC1. The minimum absolute atomic E-state index is 0.0244. The number of Topliss-reactive ketones (excluding diaryl/α,β-unsaturated/α-hetero) is 3. The third-order valence-corrected chi connectivity index (χ3v) is 12.0. The number of hydrogen-bond donors (Lipinski definition) is 2. The number of fused-ring (bicyclic) bond motifs is 1. The van der Waals surface area contributed by atoms with Gasteiger partial charge in [-0.05, 0) is 54.3 Å². The predicted octanol–water partition coefficient (Wildman–Crippen LogP) is 4.50. The first kappa shape index (κ1) is 39.8. The second-order valence-electron chi connectivity index (χ2n) is 16.7. The molecule has 11 nitrogen and oxygen atoms in total. The number of urea groups is 1. The average molecular weight is 693 g/mol. The molecule has 0 aromatic rings. The molecule has 0 bridgehead atoms. The minimum atomic E-state index is -3.49. The number of ketones is 3. The summed E-state index contributed by atoms with van der Waals surface area (Å²) in [6.45, 7) is 15.3. The molecule has 272 valence electrons. The van der Waals surface area contributed by atoms with Crippen LogP contribution in [0.2, 0.25) is 0 Å². The van der Waals surface area contributed by atoms with Crippen molar-refractivity contribution in [2.24, 2.45) is 34.5 Å². The maximum atomic E-state index is 14.5. The second-order valence-corrected chi connectivity index (χ2v) is 18.8. The summed E-state index contributed by atoms with van der Waals surface area (Å²) >= 11 is 0. The summed E-state index contributed by atoms with van der Waals surface area (Å²) in [7, 11) is -2.03. The van der Waals surface area contributed by atoms with Crippen LogP contribution in [0.15, 0.2) is 12.7 Å². The summed E-state index contributed by atoms with van der Waals surface area (Å²) < 4.78 is 25.4. The smallest absolute Gasteiger partial charge is 0.315 e. The van der Waals surface area contributed by atoms with Crippen LogP contribution in [0, 0.1) is 34.5 Å². The molecule has 6 atom stereocenters. The molecule has 2 aliphatic carbocycles. The maximum absolute atomic E-state index is 14.5. The molecule has 0 aromatic carbocycles. The maximum Gasteiger partial charge on any atom is 0.315 e. The Balaban J connectivity index is 1.84. The van der Waals surface area contributed by atoms with Crippen LogP contribution in [0.4, 0.5) is 4.79 Å². The van der Waals surface area contributed by atoms with E-state index in [1.165, 1.54) is 11.4 Å². The Hall–Kier alpha value is -2.60. The summed E-state index contributed by atoms with van der Waals surface area (Å²) in [6, 6.07) is -2.86. The fraction of sp³-hybridized carbons (Fsp3) is 0.806. The number of nitrogens with one attached hydrogen (secondary N) is 2. The normalized spacial score (nSPS) is 23.5. The van der Waals surface area contributed by atoms with E-state index in [2.05, 4.69) is 17.2 Å². The molecule has 1 saturated heterocycles. The Morgan fingerprint density at radius 3 is 2.10 bits per heavy atom. The van der Waals surface area contributed by atoms with Gasteiger partial charge >= 0.3 is 6.03 Å². The van der Waals surface area contributed by atoms with Crippen molar-refractivity contribution in [2.45, 2.75) is 124 Å². The van der Waals surface area contributed by atoms with Crippen LogP contribution < -0.4 is 10.6 Å². The number of nitrogens with zero attached hydrogens (tertiary/aromatic N) is 2. The van der Waals surface area contributed by atoms with Gasteiger partial charge in [-0.2, -0.15) is 0 Å². The lowest BCUT2D eigenvalue weighted by molar-refractivity contribution is -0.144. The average Bonchev–Trinajstić information content (AvgIpc) is 3.54. The van der Waals surface area contributed by atoms with Crippen molar-refractivity contribution in [3.63, 3.8) is 0 Å². The third kappa shape index (κ3) is 10.2. The Bertz CT molecular complexity index is 1330. The predicted molar refractivity (Wildman–Crippen MR) is 186 cm³/mol. The van der Waals surface area contributed by atoms with Gasteiger partial charge in [-0.3, -0.25) is 19.2 Å². The number of allylic oxidation sites excluding steroid dienone is 1. The topological polar surface area (TPSA) is 150 Å². The van der Waals surface area contributed by atoms with E-state index in [0.29, 0.717) is 25.3 Å². The van der Waals surface area contributed by atoms with Crippen molar-refractivity contribution >= 4 is 39.3 Å². The molecule has 3 aliphatic rings. The van der Waals surface area contributed by atoms with Gasteiger partial charge in [-0.1, -0.05) is 73.3 Å². The number of hydrogen-bond acceptors (Lipinski definition) is 7. The molecular formula is C36H60N4O7S. The molecule has 2 N–H and O–H groups in total. The quantitative estimate of drug-likeness (QED) is 0.179. The highest BCUT2D eigenvalue weighted by Crippen LogP contribution is 2.44. The first-order valence-corrected chi connectivity index (χ1v) is 19.5. The number of sulfonamides is 1. The lowest BCUT2D eigenvalue weighted by atomic mass is 9.75. The summed E-state index contributed by atoms with van der Waals surface area (Å²) in [5.74, 6) is -1.73. The van der Waals surface area contributed by atoms with Crippen molar-refractivity contribution in [2.75, 3.05) is 26.4 Å². The Morgan fingerprint density at radius 2 is 1.58 bits per heavy atom. The van der Waals surface area contributed by atoms with E-state index in [-0.39, 0.29) is 42.9 Å². The molecule has 12 heteroatoms. The summed E-state index contributed by atoms with van der Waals surface area (Å²) in [6.07, 6.45) is 9.37. The molecule has 48 heavy (non-hydrogen) atoms. The fourth-order valence-electron chi connectivity index (χ4n) is 7.38. The highest BCUT2D eigenvalue weighted by atomic mass is 32.2. The van der Waals surface area contributed by atoms with Gasteiger partial charge in [0.1, 0.15) is 6.04 Å². The van der Waals surface area contributed by atoms with Crippen LogP contribution in [0.1, 0.15) is 106 Å². The largest absolute Gasteiger partial charge is 0.334 e. The fourth-order valence-corrected chi connectivity index (χ4v) is 7.80. The molecule has 1 aliphatic heterocycles.